The summed E-state index contributed by atoms with van der Waals surface area (Å²) in [5, 5.41) is 24.1. The van der Waals surface area contributed by atoms with Crippen LogP contribution in [0.15, 0.2) is 72.8 Å². The van der Waals surface area contributed by atoms with Crippen LogP contribution in [0.25, 0.3) is 0 Å². The van der Waals surface area contributed by atoms with Crippen LogP contribution in [0.5, 0.6) is 5.75 Å². The molecule has 0 spiro atoms. The molecule has 0 bridgehead atoms. The van der Waals surface area contributed by atoms with Crippen LogP contribution in [0.4, 0.5) is 5.69 Å². The van der Waals surface area contributed by atoms with Crippen molar-refractivity contribution in [2.45, 2.75) is 25.6 Å². The average molecular weight is 445 g/mol. The minimum atomic E-state index is -0.109. The third kappa shape index (κ3) is 6.13. The van der Waals surface area contributed by atoms with Gasteiger partial charge in [-0.15, -0.1) is 0 Å². The minimum absolute atomic E-state index is 0.0305. The molecule has 3 aromatic rings. The molecule has 0 radical (unpaired) electrons. The first kappa shape index (κ1) is 22.4. The lowest BCUT2D eigenvalue weighted by Gasteiger charge is -2.33. The molecule has 3 aromatic carbocycles. The van der Waals surface area contributed by atoms with Gasteiger partial charge in [0.15, 0.2) is 0 Å². The van der Waals surface area contributed by atoms with Gasteiger partial charge < -0.3 is 15.5 Å². The van der Waals surface area contributed by atoms with Crippen LogP contribution in [0, 0.1) is 0 Å². The maximum atomic E-state index is 9.84. The highest BCUT2D eigenvalue weighted by atomic mass is 35.5. The van der Waals surface area contributed by atoms with Crippen LogP contribution in [0.1, 0.15) is 24.1 Å². The summed E-state index contributed by atoms with van der Waals surface area (Å²) in [6.07, 6.45) is 0. The summed E-state index contributed by atoms with van der Waals surface area (Å²) in [6.45, 7) is 3.41. The van der Waals surface area contributed by atoms with Gasteiger partial charge in [0.2, 0.25) is 0 Å². The Morgan fingerprint density at radius 1 is 0.967 bits per heavy atom. The van der Waals surface area contributed by atoms with Gasteiger partial charge in [0.25, 0.3) is 0 Å². The number of hydrogen-bond donors (Lipinski definition) is 3. The highest BCUT2D eigenvalue weighted by molar-refractivity contribution is 6.33. The van der Waals surface area contributed by atoms with E-state index in [0.29, 0.717) is 23.1 Å². The lowest BCUT2D eigenvalue weighted by Crippen LogP contribution is -2.39. The molecule has 0 saturated carbocycles. The van der Waals surface area contributed by atoms with E-state index >= 15 is 0 Å². The van der Waals surface area contributed by atoms with E-state index in [1.54, 1.807) is 12.1 Å². The molecule has 158 valence electrons. The Balaban J connectivity index is 1.89. The average Bonchev–Trinajstić information content (AvgIpc) is 2.75. The number of aliphatic hydroxyl groups is 1. The Hall–Kier alpha value is -2.24. The fraction of sp³-hybridized carbons (Fsp3) is 0.250. The molecule has 30 heavy (non-hydrogen) atoms. The number of anilines is 1. The van der Waals surface area contributed by atoms with Gasteiger partial charge in [0.05, 0.1) is 23.4 Å². The molecule has 0 fully saturated rings. The van der Waals surface area contributed by atoms with Crippen molar-refractivity contribution < 1.29 is 10.2 Å². The van der Waals surface area contributed by atoms with Gasteiger partial charge in [-0.25, -0.2) is 0 Å². The number of nitrogens with one attached hydrogen (secondary N) is 1. The smallest absolute Gasteiger partial charge is 0.117 e. The zero-order valence-corrected chi connectivity index (χ0v) is 18.3. The van der Waals surface area contributed by atoms with E-state index in [1.165, 1.54) is 11.6 Å². The number of halogens is 2. The molecule has 0 amide bonds. The van der Waals surface area contributed by atoms with Gasteiger partial charge in [0, 0.05) is 30.2 Å². The summed E-state index contributed by atoms with van der Waals surface area (Å²) in [5.41, 5.74) is 2.95. The Morgan fingerprint density at radius 3 is 2.30 bits per heavy atom. The summed E-state index contributed by atoms with van der Waals surface area (Å²) in [7, 11) is 0. The van der Waals surface area contributed by atoms with E-state index < -0.39 is 0 Å². The lowest BCUT2D eigenvalue weighted by atomic mass is 10.0. The van der Waals surface area contributed by atoms with Crippen LogP contribution in [-0.4, -0.2) is 34.3 Å². The van der Waals surface area contributed by atoms with Crippen molar-refractivity contribution in [1.82, 2.24) is 4.90 Å². The number of benzene rings is 3. The van der Waals surface area contributed by atoms with E-state index in [-0.39, 0.29) is 24.4 Å². The van der Waals surface area contributed by atoms with Gasteiger partial charge in [-0.2, -0.15) is 0 Å². The van der Waals surface area contributed by atoms with Gasteiger partial charge >= 0.3 is 0 Å². The zero-order valence-electron chi connectivity index (χ0n) is 16.8. The molecular formula is C24H26Cl2N2O2. The van der Waals surface area contributed by atoms with Crippen molar-refractivity contribution in [2.75, 3.05) is 18.5 Å². The maximum absolute atomic E-state index is 9.84. The Morgan fingerprint density at radius 2 is 1.67 bits per heavy atom. The van der Waals surface area contributed by atoms with E-state index in [9.17, 15) is 10.2 Å². The van der Waals surface area contributed by atoms with Crippen molar-refractivity contribution in [2.24, 2.45) is 0 Å². The van der Waals surface area contributed by atoms with Crippen molar-refractivity contribution in [1.29, 1.82) is 0 Å². The number of hydrogen-bond acceptors (Lipinski definition) is 4. The number of phenols is 1. The summed E-state index contributed by atoms with van der Waals surface area (Å²) in [5.74, 6) is 0.119. The molecular weight excluding hydrogens is 419 g/mol. The van der Waals surface area contributed by atoms with E-state index in [0.717, 1.165) is 11.3 Å². The first-order valence-electron chi connectivity index (χ1n) is 9.85. The van der Waals surface area contributed by atoms with Crippen LogP contribution in [0.3, 0.4) is 0 Å². The molecule has 3 rings (SSSR count). The number of phenolic OH excluding ortho intramolecular Hbond substituents is 1. The van der Waals surface area contributed by atoms with E-state index in [4.69, 9.17) is 23.2 Å². The van der Waals surface area contributed by atoms with Gasteiger partial charge in [-0.05, 0) is 42.3 Å². The Bertz CT molecular complexity index is 936. The summed E-state index contributed by atoms with van der Waals surface area (Å²) < 4.78 is 0. The highest BCUT2D eigenvalue weighted by Crippen LogP contribution is 2.30. The lowest BCUT2D eigenvalue weighted by molar-refractivity contribution is 0.123. The molecule has 2 unspecified atom stereocenters. The Labute approximate surface area is 187 Å². The van der Waals surface area contributed by atoms with Crippen molar-refractivity contribution in [3.05, 3.63) is 94.0 Å². The number of rotatable bonds is 9. The second kappa shape index (κ2) is 10.7. The van der Waals surface area contributed by atoms with Crippen LogP contribution in [0.2, 0.25) is 10.0 Å². The summed E-state index contributed by atoms with van der Waals surface area (Å²) >= 11 is 12.4. The predicted molar refractivity (Wildman–Crippen MR) is 124 cm³/mol. The second-order valence-electron chi connectivity index (χ2n) is 7.36. The monoisotopic (exact) mass is 444 g/mol. The first-order valence-corrected chi connectivity index (χ1v) is 10.6. The molecule has 6 heteroatoms. The van der Waals surface area contributed by atoms with Crippen LogP contribution < -0.4 is 5.32 Å². The topological polar surface area (TPSA) is 55.7 Å². The van der Waals surface area contributed by atoms with Gasteiger partial charge in [-0.3, -0.25) is 4.90 Å². The van der Waals surface area contributed by atoms with Gasteiger partial charge in [-0.1, -0.05) is 65.7 Å². The van der Waals surface area contributed by atoms with E-state index in [2.05, 4.69) is 22.3 Å². The molecule has 4 nitrogen and oxygen atoms in total. The first-order chi connectivity index (χ1) is 14.5. The SMILES string of the molecule is CC(CO)N(Cc1ccccc1)CC(Nc1ccc(O)cc1Cl)c1ccc(Cl)cc1. The maximum Gasteiger partial charge on any atom is 0.117 e. The molecule has 3 N–H and O–H groups in total. The van der Waals surface area contributed by atoms with Crippen LogP contribution in [-0.2, 0) is 6.54 Å². The quantitative estimate of drug-likeness (QED) is 0.368. The molecule has 0 saturated heterocycles. The minimum Gasteiger partial charge on any atom is -0.508 e. The third-order valence-electron chi connectivity index (χ3n) is 5.09. The normalized spacial score (nSPS) is 13.2. The third-order valence-corrected chi connectivity index (χ3v) is 5.65. The van der Waals surface area contributed by atoms with Crippen molar-refractivity contribution >= 4 is 28.9 Å². The molecule has 0 aliphatic heterocycles. The fourth-order valence-corrected chi connectivity index (χ4v) is 3.66. The highest BCUT2D eigenvalue weighted by Gasteiger charge is 2.21. The molecule has 0 aliphatic carbocycles. The van der Waals surface area contributed by atoms with Gasteiger partial charge in [0.1, 0.15) is 5.75 Å². The largest absolute Gasteiger partial charge is 0.508 e. The summed E-state index contributed by atoms with van der Waals surface area (Å²) in [4.78, 5) is 2.23. The predicted octanol–water partition coefficient (Wildman–Crippen LogP) is 5.74. The number of aliphatic hydroxyl groups excluding tert-OH is 1. The van der Waals surface area contributed by atoms with Crippen molar-refractivity contribution in [3.63, 3.8) is 0 Å². The molecule has 2 atom stereocenters. The standard InChI is InChI=1S/C24H26Cl2N2O2/c1-17(16-29)28(14-18-5-3-2-4-6-18)15-24(19-7-9-20(25)10-8-19)27-23-12-11-21(30)13-22(23)26/h2-13,17,24,27,29-30H,14-16H2,1H3. The Kier molecular flexibility index (Phi) is 8.00. The number of aromatic hydroxyl groups is 1. The molecule has 0 heterocycles. The van der Waals surface area contributed by atoms with Crippen molar-refractivity contribution in [3.8, 4) is 5.75 Å². The fourth-order valence-electron chi connectivity index (χ4n) is 3.31. The molecule has 0 aromatic heterocycles. The number of nitrogens with zero attached hydrogens (tertiary/aromatic N) is 1. The zero-order chi connectivity index (χ0) is 21.5. The van der Waals surface area contributed by atoms with E-state index in [1.807, 2.05) is 49.4 Å². The molecule has 0 aliphatic rings. The summed E-state index contributed by atoms with van der Waals surface area (Å²) in [6, 6.07) is 22.6. The van der Waals surface area contributed by atoms with Crippen LogP contribution >= 0.6 is 23.2 Å². The second-order valence-corrected chi connectivity index (χ2v) is 8.20.